The molecule has 0 atom stereocenters. The summed E-state index contributed by atoms with van der Waals surface area (Å²) in [5.41, 5.74) is 0.988. The molecule has 0 radical (unpaired) electrons. The molecule has 0 spiro atoms. The van der Waals surface area contributed by atoms with Crippen molar-refractivity contribution in [3.05, 3.63) is 17.3 Å². The lowest BCUT2D eigenvalue weighted by Crippen LogP contribution is -1.71. The molecule has 0 amide bonds. The van der Waals surface area contributed by atoms with Crippen molar-refractivity contribution in [1.82, 2.24) is 4.98 Å². The van der Waals surface area contributed by atoms with Crippen molar-refractivity contribution in [2.24, 2.45) is 0 Å². The second-order valence-corrected chi connectivity index (χ2v) is 5.13. The summed E-state index contributed by atoms with van der Waals surface area (Å²) in [4.78, 5) is 4.04. The molecule has 0 aliphatic carbocycles. The van der Waals surface area contributed by atoms with Crippen LogP contribution < -0.4 is 0 Å². The Morgan fingerprint density at radius 3 is 1.75 bits per heavy atom. The summed E-state index contributed by atoms with van der Waals surface area (Å²) in [6.07, 6.45) is 4.18. The van der Waals surface area contributed by atoms with Gasteiger partial charge in [0.1, 0.15) is 5.76 Å². The van der Waals surface area contributed by atoms with E-state index in [0.717, 1.165) is 17.3 Å². The SMILES string of the molecule is C1CCSC1.CCC.Cc1nc(C)c(C)o1. The minimum atomic E-state index is 0.750. The highest BCUT2D eigenvalue weighted by Gasteiger charge is 1.97. The fourth-order valence-electron chi connectivity index (χ4n) is 1.14. The molecule has 3 heteroatoms. The second kappa shape index (κ2) is 9.76. The molecule has 2 heterocycles. The molecular formula is C13H25NOS. The lowest BCUT2D eigenvalue weighted by Gasteiger charge is -1.77. The summed E-state index contributed by atoms with van der Waals surface area (Å²) in [6, 6.07) is 0. The van der Waals surface area contributed by atoms with Gasteiger partial charge in [-0.15, -0.1) is 0 Å². The summed E-state index contributed by atoms with van der Waals surface area (Å²) in [5, 5.41) is 0. The van der Waals surface area contributed by atoms with Gasteiger partial charge in [0.25, 0.3) is 0 Å². The minimum absolute atomic E-state index is 0.750. The third-order valence-corrected chi connectivity index (χ3v) is 3.12. The fraction of sp³-hybridized carbons (Fsp3) is 0.769. The Morgan fingerprint density at radius 1 is 1.12 bits per heavy atom. The summed E-state index contributed by atoms with van der Waals surface area (Å²) >= 11 is 2.07. The molecule has 0 bridgehead atoms. The van der Waals surface area contributed by atoms with E-state index in [2.05, 4.69) is 30.6 Å². The van der Waals surface area contributed by atoms with E-state index in [9.17, 15) is 0 Å². The number of oxazole rings is 1. The van der Waals surface area contributed by atoms with Gasteiger partial charge in [0.05, 0.1) is 5.69 Å². The molecule has 1 aromatic heterocycles. The molecule has 1 aliphatic heterocycles. The Balaban J connectivity index is 0.000000241. The van der Waals surface area contributed by atoms with Crippen LogP contribution in [0.3, 0.4) is 0 Å². The maximum absolute atomic E-state index is 5.10. The van der Waals surface area contributed by atoms with Crippen LogP contribution in [-0.2, 0) is 0 Å². The van der Waals surface area contributed by atoms with Crippen molar-refractivity contribution in [1.29, 1.82) is 0 Å². The highest BCUT2D eigenvalue weighted by molar-refractivity contribution is 7.99. The van der Waals surface area contributed by atoms with E-state index in [1.54, 1.807) is 0 Å². The molecule has 2 rings (SSSR count). The quantitative estimate of drug-likeness (QED) is 0.669. The van der Waals surface area contributed by atoms with Crippen molar-refractivity contribution < 1.29 is 4.42 Å². The zero-order valence-corrected chi connectivity index (χ0v) is 12.1. The van der Waals surface area contributed by atoms with Crippen LogP contribution in [0.4, 0.5) is 0 Å². The Morgan fingerprint density at radius 2 is 1.62 bits per heavy atom. The van der Waals surface area contributed by atoms with Crippen molar-refractivity contribution in [2.75, 3.05) is 11.5 Å². The number of aryl methyl sites for hydroxylation is 3. The topological polar surface area (TPSA) is 26.0 Å². The maximum atomic E-state index is 5.10. The number of thioether (sulfide) groups is 1. The smallest absolute Gasteiger partial charge is 0.191 e. The average Bonchev–Trinajstić information content (AvgIpc) is 2.82. The summed E-state index contributed by atoms with van der Waals surface area (Å²) in [7, 11) is 0. The molecule has 0 aromatic carbocycles. The molecule has 1 fully saturated rings. The van der Waals surface area contributed by atoms with Crippen LogP contribution in [0, 0.1) is 20.8 Å². The number of hydrogen-bond acceptors (Lipinski definition) is 3. The Hall–Kier alpha value is -0.440. The Kier molecular flexibility index (Phi) is 9.49. The summed E-state index contributed by atoms with van der Waals surface area (Å²) in [6.45, 7) is 9.95. The molecule has 1 saturated heterocycles. The van der Waals surface area contributed by atoms with Gasteiger partial charge < -0.3 is 4.42 Å². The average molecular weight is 243 g/mol. The van der Waals surface area contributed by atoms with Gasteiger partial charge in [-0.3, -0.25) is 0 Å². The molecule has 1 aromatic rings. The monoisotopic (exact) mass is 243 g/mol. The predicted octanol–water partition coefficient (Wildman–Crippen LogP) is 4.53. The minimum Gasteiger partial charge on any atom is -0.446 e. The first-order valence-electron chi connectivity index (χ1n) is 6.10. The van der Waals surface area contributed by atoms with Gasteiger partial charge >= 0.3 is 0 Å². The van der Waals surface area contributed by atoms with Gasteiger partial charge in [0.2, 0.25) is 0 Å². The van der Waals surface area contributed by atoms with Crippen molar-refractivity contribution in [3.8, 4) is 0 Å². The van der Waals surface area contributed by atoms with Crippen LogP contribution in [-0.4, -0.2) is 16.5 Å². The number of aromatic nitrogens is 1. The van der Waals surface area contributed by atoms with E-state index >= 15 is 0 Å². The van der Waals surface area contributed by atoms with E-state index in [4.69, 9.17) is 4.42 Å². The van der Waals surface area contributed by atoms with E-state index in [1.807, 2.05) is 20.8 Å². The first kappa shape index (κ1) is 15.6. The molecule has 16 heavy (non-hydrogen) atoms. The van der Waals surface area contributed by atoms with E-state index in [0.29, 0.717) is 0 Å². The number of hydrogen-bond donors (Lipinski definition) is 0. The zero-order valence-electron chi connectivity index (χ0n) is 11.3. The zero-order chi connectivity index (χ0) is 12.4. The first-order valence-corrected chi connectivity index (χ1v) is 7.25. The third-order valence-electron chi connectivity index (χ3n) is 1.96. The predicted molar refractivity (Wildman–Crippen MR) is 73.2 cm³/mol. The van der Waals surface area contributed by atoms with Gasteiger partial charge in [-0.25, -0.2) is 4.98 Å². The second-order valence-electron chi connectivity index (χ2n) is 3.90. The number of nitrogens with zero attached hydrogens (tertiary/aromatic N) is 1. The molecule has 0 saturated carbocycles. The van der Waals surface area contributed by atoms with Gasteiger partial charge in [0, 0.05) is 6.92 Å². The van der Waals surface area contributed by atoms with E-state index < -0.39 is 0 Å². The molecule has 94 valence electrons. The van der Waals surface area contributed by atoms with Crippen LogP contribution >= 0.6 is 11.8 Å². The van der Waals surface area contributed by atoms with Crippen LogP contribution in [0.5, 0.6) is 0 Å². The van der Waals surface area contributed by atoms with Gasteiger partial charge in [-0.05, 0) is 38.2 Å². The highest BCUT2D eigenvalue weighted by Crippen LogP contribution is 2.14. The lowest BCUT2D eigenvalue weighted by atomic mass is 10.4. The Bertz CT molecular complexity index is 240. The lowest BCUT2D eigenvalue weighted by molar-refractivity contribution is 0.493. The molecule has 2 nitrogen and oxygen atoms in total. The largest absolute Gasteiger partial charge is 0.446 e. The van der Waals surface area contributed by atoms with E-state index in [-0.39, 0.29) is 0 Å². The third kappa shape index (κ3) is 7.80. The van der Waals surface area contributed by atoms with Crippen LogP contribution in [0.2, 0.25) is 0 Å². The molecule has 0 N–H and O–H groups in total. The normalized spacial score (nSPS) is 13.6. The van der Waals surface area contributed by atoms with Crippen molar-refractivity contribution in [2.45, 2.75) is 53.9 Å². The van der Waals surface area contributed by atoms with Gasteiger partial charge in [-0.1, -0.05) is 20.3 Å². The molecular weight excluding hydrogens is 218 g/mol. The van der Waals surface area contributed by atoms with Gasteiger partial charge in [0.15, 0.2) is 5.89 Å². The summed E-state index contributed by atoms with van der Waals surface area (Å²) < 4.78 is 5.10. The van der Waals surface area contributed by atoms with Crippen LogP contribution in [0.15, 0.2) is 4.42 Å². The van der Waals surface area contributed by atoms with Crippen LogP contribution in [0.1, 0.15) is 50.5 Å². The fourth-order valence-corrected chi connectivity index (χ4v) is 2.16. The first-order chi connectivity index (χ1) is 7.61. The molecule has 0 unspecified atom stereocenters. The summed E-state index contributed by atoms with van der Waals surface area (Å²) in [5.74, 6) is 4.50. The van der Waals surface area contributed by atoms with Crippen LogP contribution in [0.25, 0.3) is 0 Å². The Labute approximate surface area is 104 Å². The number of rotatable bonds is 0. The van der Waals surface area contributed by atoms with Gasteiger partial charge in [-0.2, -0.15) is 11.8 Å². The van der Waals surface area contributed by atoms with Crippen molar-refractivity contribution >= 4 is 11.8 Å². The molecule has 1 aliphatic rings. The highest BCUT2D eigenvalue weighted by atomic mass is 32.2. The van der Waals surface area contributed by atoms with Crippen molar-refractivity contribution in [3.63, 3.8) is 0 Å². The standard InChI is InChI=1S/C6H9NO.C4H8S.C3H8/c1-4-5(2)8-6(3)7-4;1-2-4-5-3-1;1-3-2/h1-3H3;1-4H2;3H2,1-2H3. The maximum Gasteiger partial charge on any atom is 0.191 e. The van der Waals surface area contributed by atoms with E-state index in [1.165, 1.54) is 30.8 Å².